The average molecular weight is 241 g/mol. The van der Waals surface area contributed by atoms with Crippen molar-refractivity contribution < 1.29 is 4.74 Å². The fourth-order valence-electron chi connectivity index (χ4n) is 2.68. The maximum atomic E-state index is 5.99. The van der Waals surface area contributed by atoms with Gasteiger partial charge in [0.2, 0.25) is 0 Å². The highest BCUT2D eigenvalue weighted by atomic mass is 16.5. The number of likely N-dealkylation sites (tertiary alicyclic amines) is 1. The van der Waals surface area contributed by atoms with Crippen LogP contribution in [0.3, 0.4) is 0 Å². The molecule has 0 amide bonds. The molecule has 100 valence electrons. The Morgan fingerprint density at radius 1 is 1.06 bits per heavy atom. The van der Waals surface area contributed by atoms with Gasteiger partial charge in [-0.2, -0.15) is 0 Å². The van der Waals surface area contributed by atoms with E-state index in [1.807, 2.05) is 0 Å². The summed E-state index contributed by atoms with van der Waals surface area (Å²) >= 11 is 0. The lowest BCUT2D eigenvalue weighted by molar-refractivity contribution is -0.00166. The lowest BCUT2D eigenvalue weighted by Gasteiger charge is -2.32. The van der Waals surface area contributed by atoms with Crippen molar-refractivity contribution in [3.05, 3.63) is 0 Å². The van der Waals surface area contributed by atoms with E-state index in [4.69, 9.17) is 4.74 Å². The maximum Gasteiger partial charge on any atom is 0.0600 e. The lowest BCUT2D eigenvalue weighted by atomic mass is 10.1. The van der Waals surface area contributed by atoms with Crippen LogP contribution in [0.25, 0.3) is 0 Å². The molecular weight excluding hydrogens is 214 g/mol. The summed E-state index contributed by atoms with van der Waals surface area (Å²) in [6.45, 7) is 12.5. The van der Waals surface area contributed by atoms with Crippen LogP contribution in [-0.2, 0) is 4.74 Å². The van der Waals surface area contributed by atoms with Crippen molar-refractivity contribution in [3.8, 4) is 0 Å². The first kappa shape index (κ1) is 13.3. The second-order valence-electron chi connectivity index (χ2n) is 5.10. The molecule has 17 heavy (non-hydrogen) atoms. The topological polar surface area (TPSA) is 27.7 Å². The third-order valence-corrected chi connectivity index (χ3v) is 3.95. The van der Waals surface area contributed by atoms with Gasteiger partial charge in [0.25, 0.3) is 0 Å². The Morgan fingerprint density at radius 3 is 2.41 bits per heavy atom. The van der Waals surface area contributed by atoms with E-state index in [0.717, 1.165) is 26.2 Å². The predicted molar refractivity (Wildman–Crippen MR) is 70.4 cm³/mol. The molecule has 2 rings (SSSR count). The molecule has 0 bridgehead atoms. The monoisotopic (exact) mass is 241 g/mol. The summed E-state index contributed by atoms with van der Waals surface area (Å²) in [6, 6.07) is 0. The molecule has 0 aromatic carbocycles. The van der Waals surface area contributed by atoms with Crippen molar-refractivity contribution in [3.63, 3.8) is 0 Å². The molecule has 2 aliphatic heterocycles. The summed E-state index contributed by atoms with van der Waals surface area (Å²) in [5.41, 5.74) is 0. The van der Waals surface area contributed by atoms with Crippen LogP contribution in [0.15, 0.2) is 0 Å². The second kappa shape index (κ2) is 7.31. The van der Waals surface area contributed by atoms with E-state index in [9.17, 15) is 0 Å². The predicted octanol–water partition coefficient (Wildman–Crippen LogP) is 0.393. The Kier molecular flexibility index (Phi) is 5.71. The molecule has 0 atom stereocenters. The minimum Gasteiger partial charge on any atom is -0.377 e. The molecule has 2 aliphatic rings. The SMILES string of the molecule is CCN1CCC(OCCN2CCNCC2)CC1. The van der Waals surface area contributed by atoms with Gasteiger partial charge in [0, 0.05) is 45.8 Å². The fourth-order valence-corrected chi connectivity index (χ4v) is 2.68. The van der Waals surface area contributed by atoms with Gasteiger partial charge in [-0.25, -0.2) is 0 Å². The van der Waals surface area contributed by atoms with E-state index in [-0.39, 0.29) is 0 Å². The van der Waals surface area contributed by atoms with Gasteiger partial charge in [-0.1, -0.05) is 6.92 Å². The van der Waals surface area contributed by atoms with Crippen LogP contribution >= 0.6 is 0 Å². The van der Waals surface area contributed by atoms with Crippen LogP contribution in [-0.4, -0.2) is 74.9 Å². The smallest absolute Gasteiger partial charge is 0.0600 e. The van der Waals surface area contributed by atoms with Gasteiger partial charge >= 0.3 is 0 Å². The molecule has 0 aromatic heterocycles. The Labute approximate surface area is 105 Å². The lowest BCUT2D eigenvalue weighted by Crippen LogP contribution is -2.45. The van der Waals surface area contributed by atoms with Crippen molar-refractivity contribution in [2.45, 2.75) is 25.9 Å². The van der Waals surface area contributed by atoms with Crippen LogP contribution in [0.2, 0.25) is 0 Å². The van der Waals surface area contributed by atoms with Gasteiger partial charge in [-0.3, -0.25) is 4.90 Å². The van der Waals surface area contributed by atoms with Crippen LogP contribution in [0.4, 0.5) is 0 Å². The molecule has 1 N–H and O–H groups in total. The molecule has 4 nitrogen and oxygen atoms in total. The summed E-state index contributed by atoms with van der Waals surface area (Å²) in [5, 5.41) is 3.38. The maximum absolute atomic E-state index is 5.99. The van der Waals surface area contributed by atoms with Crippen molar-refractivity contribution in [2.75, 3.05) is 59.0 Å². The zero-order chi connectivity index (χ0) is 11.9. The molecule has 0 saturated carbocycles. The first-order chi connectivity index (χ1) is 8.38. The highest BCUT2D eigenvalue weighted by molar-refractivity contribution is 4.72. The largest absolute Gasteiger partial charge is 0.377 e. The molecular formula is C13H27N3O. The van der Waals surface area contributed by atoms with Crippen molar-refractivity contribution in [1.82, 2.24) is 15.1 Å². The minimum atomic E-state index is 0.515. The van der Waals surface area contributed by atoms with E-state index >= 15 is 0 Å². The van der Waals surface area contributed by atoms with Crippen LogP contribution in [0.1, 0.15) is 19.8 Å². The molecule has 0 radical (unpaired) electrons. The van der Waals surface area contributed by atoms with E-state index in [2.05, 4.69) is 22.0 Å². The van der Waals surface area contributed by atoms with Crippen LogP contribution in [0, 0.1) is 0 Å². The van der Waals surface area contributed by atoms with Crippen molar-refractivity contribution in [2.24, 2.45) is 0 Å². The standard InChI is InChI=1S/C13H27N3O/c1-2-15-7-3-13(4-8-15)17-12-11-16-9-5-14-6-10-16/h13-14H,2-12H2,1H3. The van der Waals surface area contributed by atoms with Gasteiger partial charge < -0.3 is 15.0 Å². The summed E-state index contributed by atoms with van der Waals surface area (Å²) in [5.74, 6) is 0. The van der Waals surface area contributed by atoms with E-state index in [0.29, 0.717) is 6.10 Å². The van der Waals surface area contributed by atoms with E-state index in [1.54, 1.807) is 0 Å². The number of hydrogen-bond donors (Lipinski definition) is 1. The zero-order valence-corrected chi connectivity index (χ0v) is 11.2. The number of nitrogens with zero attached hydrogens (tertiary/aromatic N) is 2. The molecule has 2 fully saturated rings. The number of rotatable bonds is 5. The minimum absolute atomic E-state index is 0.515. The fraction of sp³-hybridized carbons (Fsp3) is 1.00. The van der Waals surface area contributed by atoms with E-state index in [1.165, 1.54) is 45.6 Å². The third kappa shape index (κ3) is 4.54. The summed E-state index contributed by atoms with van der Waals surface area (Å²) in [4.78, 5) is 5.01. The Balaban J connectivity index is 1.53. The highest BCUT2D eigenvalue weighted by Gasteiger charge is 2.18. The van der Waals surface area contributed by atoms with Gasteiger partial charge in [0.1, 0.15) is 0 Å². The first-order valence-corrected chi connectivity index (χ1v) is 7.15. The number of hydrogen-bond acceptors (Lipinski definition) is 4. The Bertz CT molecular complexity index is 199. The number of piperazine rings is 1. The molecule has 0 unspecified atom stereocenters. The second-order valence-corrected chi connectivity index (χ2v) is 5.10. The Morgan fingerprint density at radius 2 is 1.76 bits per heavy atom. The highest BCUT2D eigenvalue weighted by Crippen LogP contribution is 2.13. The first-order valence-electron chi connectivity index (χ1n) is 7.15. The zero-order valence-electron chi connectivity index (χ0n) is 11.2. The summed E-state index contributed by atoms with van der Waals surface area (Å²) < 4.78 is 5.99. The summed E-state index contributed by atoms with van der Waals surface area (Å²) in [6.07, 6.45) is 2.95. The molecule has 0 spiro atoms. The molecule has 0 aliphatic carbocycles. The quantitative estimate of drug-likeness (QED) is 0.754. The number of nitrogens with one attached hydrogen (secondary N) is 1. The number of ether oxygens (including phenoxy) is 1. The number of piperidine rings is 1. The van der Waals surface area contributed by atoms with Crippen LogP contribution in [0.5, 0.6) is 0 Å². The Hall–Kier alpha value is -0.160. The van der Waals surface area contributed by atoms with Gasteiger partial charge in [-0.15, -0.1) is 0 Å². The molecule has 2 saturated heterocycles. The third-order valence-electron chi connectivity index (χ3n) is 3.95. The molecule has 2 heterocycles. The van der Waals surface area contributed by atoms with Gasteiger partial charge in [0.05, 0.1) is 12.7 Å². The molecule has 0 aromatic rings. The van der Waals surface area contributed by atoms with Crippen LogP contribution < -0.4 is 5.32 Å². The normalized spacial score (nSPS) is 25.2. The van der Waals surface area contributed by atoms with Gasteiger partial charge in [-0.05, 0) is 19.4 Å². The van der Waals surface area contributed by atoms with Crippen molar-refractivity contribution >= 4 is 0 Å². The molecule has 4 heteroatoms. The summed E-state index contributed by atoms with van der Waals surface area (Å²) in [7, 11) is 0. The van der Waals surface area contributed by atoms with Gasteiger partial charge in [0.15, 0.2) is 0 Å². The average Bonchev–Trinajstić information content (AvgIpc) is 2.41. The van der Waals surface area contributed by atoms with Crippen molar-refractivity contribution in [1.29, 1.82) is 0 Å². The van der Waals surface area contributed by atoms with E-state index < -0.39 is 0 Å².